The second-order valence-corrected chi connectivity index (χ2v) is 25.0. The molecule has 0 unspecified atom stereocenters. The quantitative estimate of drug-likeness (QED) is 0.101. The van der Waals surface area contributed by atoms with E-state index in [9.17, 15) is 20.1 Å². The van der Waals surface area contributed by atoms with Crippen LogP contribution in [0.3, 0.4) is 0 Å². The van der Waals surface area contributed by atoms with Crippen molar-refractivity contribution in [3.63, 3.8) is 0 Å². The zero-order chi connectivity index (χ0) is 47.5. The molecule has 0 radical (unpaired) electrons. The first-order valence-electron chi connectivity index (χ1n) is 26.8. The summed E-state index contributed by atoms with van der Waals surface area (Å²) in [6.07, 6.45) is 14.7. The molecule has 2 aromatic carbocycles. The van der Waals surface area contributed by atoms with Gasteiger partial charge in [0.1, 0.15) is 17.6 Å². The Hall–Kier alpha value is -3.08. The van der Waals surface area contributed by atoms with Gasteiger partial charge in [-0.1, -0.05) is 83.6 Å². The lowest BCUT2D eigenvalue weighted by molar-refractivity contribution is -0.222. The second-order valence-electron chi connectivity index (χ2n) is 25.0. The van der Waals surface area contributed by atoms with Crippen molar-refractivity contribution in [3.8, 4) is 5.75 Å². The monoisotopic (exact) mass is 918 g/mol. The number of β-amino-alcohol motifs (C(OH)–C–C–N with tert-alkyl or cyclic N) is 1. The highest BCUT2D eigenvalue weighted by Crippen LogP contribution is 2.78. The summed E-state index contributed by atoms with van der Waals surface area (Å²) in [5.74, 6) is 1.78. The van der Waals surface area contributed by atoms with E-state index in [0.717, 1.165) is 99.4 Å². The first kappa shape index (κ1) is 47.6. The number of benzene rings is 2. The number of fused-ring (bicyclic) bond motifs is 4. The molecule has 2 aromatic rings. The van der Waals surface area contributed by atoms with Crippen molar-refractivity contribution in [2.75, 3.05) is 19.3 Å². The van der Waals surface area contributed by atoms with Gasteiger partial charge in [0.15, 0.2) is 5.78 Å². The minimum atomic E-state index is -0.863. The van der Waals surface area contributed by atoms with Crippen LogP contribution in [-0.4, -0.2) is 69.9 Å². The predicted molar refractivity (Wildman–Crippen MR) is 264 cm³/mol. The Kier molecular flexibility index (Phi) is 12.1. The molecule has 67 heavy (non-hydrogen) atoms. The summed E-state index contributed by atoms with van der Waals surface area (Å²) in [4.78, 5) is 30.8. The third-order valence-electron chi connectivity index (χ3n) is 21.1. The average Bonchev–Trinajstić information content (AvgIpc) is 3.70. The molecule has 0 amide bonds. The zero-order valence-electron chi connectivity index (χ0n) is 41.9. The molecular weight excluding hydrogens is 835 g/mol. The highest BCUT2D eigenvalue weighted by molar-refractivity contribution is 6.00. The van der Waals surface area contributed by atoms with Gasteiger partial charge in [0.05, 0.1) is 17.3 Å². The van der Waals surface area contributed by atoms with Crippen LogP contribution < -0.4 is 16.4 Å². The molecule has 2 heterocycles. The van der Waals surface area contributed by atoms with Gasteiger partial charge in [-0.05, 0) is 184 Å². The van der Waals surface area contributed by atoms with Crippen LogP contribution in [0, 0.1) is 51.2 Å². The molecule has 0 aromatic heterocycles. The summed E-state index contributed by atoms with van der Waals surface area (Å²) in [6, 6.07) is 14.2. The Morgan fingerprint density at radius 2 is 1.67 bits per heavy atom. The molecule has 6 aliphatic carbocycles. The molecule has 2 aliphatic heterocycles. The van der Waals surface area contributed by atoms with Crippen LogP contribution in [0.1, 0.15) is 179 Å². The summed E-state index contributed by atoms with van der Waals surface area (Å²) in [5, 5.41) is 42.5. The number of hydrogen-bond acceptors (Lipinski definition) is 9. The summed E-state index contributed by atoms with van der Waals surface area (Å²) in [7, 11) is 1.92. The Morgan fingerprint density at radius 3 is 2.42 bits per heavy atom. The van der Waals surface area contributed by atoms with Crippen molar-refractivity contribution in [2.24, 2.45) is 51.2 Å². The number of aliphatic hydroxyl groups is 2. The van der Waals surface area contributed by atoms with Crippen LogP contribution in [0.4, 0.5) is 5.69 Å². The number of phenolic OH excluding ortho intramolecular Hbond substituents is 1. The van der Waals surface area contributed by atoms with E-state index in [2.05, 4.69) is 63.5 Å². The number of ether oxygens (including phenoxy) is 1. The number of carbonyl (C=O) groups is 2. The minimum absolute atomic E-state index is 0.0173. The molecule has 0 bridgehead atoms. The van der Waals surface area contributed by atoms with Gasteiger partial charge in [-0.3, -0.25) is 9.59 Å². The first-order valence-corrected chi connectivity index (χ1v) is 26.8. The third-order valence-corrected chi connectivity index (χ3v) is 21.1. The average molecular weight is 918 g/mol. The Balaban J connectivity index is 1.02. The van der Waals surface area contributed by atoms with Crippen LogP contribution in [0.15, 0.2) is 53.6 Å². The normalized spacial score (nSPS) is 43.1. The van der Waals surface area contributed by atoms with Crippen molar-refractivity contribution in [1.82, 2.24) is 10.6 Å². The SMILES string of the molecule is CNCc1cc(O)cc([C@H]2C[C@]3(C4CCCC4)[C@H]4[C@H](C[C@@]5(C)[C@@H]3CCC3=C([C@H](C)C[C@@H](O)[C@H]6O[C@]6(C)[C@@H]6CCC[C@H]6c6cccc(N)c6)C(=O)C[C@@]35C)NC[C@](C)(O)CCCC[C@@]4(C)C2=O)c1. The molecule has 0 spiro atoms. The van der Waals surface area contributed by atoms with Crippen LogP contribution in [0.5, 0.6) is 5.75 Å². The lowest BCUT2D eigenvalue weighted by Crippen LogP contribution is -2.72. The molecule has 366 valence electrons. The predicted octanol–water partition coefficient (Wildman–Crippen LogP) is 10.1. The summed E-state index contributed by atoms with van der Waals surface area (Å²) in [6.45, 7) is 14.7. The molecule has 8 aliphatic rings. The number of nitrogens with two attached hydrogens (primary N) is 1. The number of nitrogens with one attached hydrogen (secondary N) is 2. The van der Waals surface area contributed by atoms with E-state index >= 15 is 4.79 Å². The van der Waals surface area contributed by atoms with Gasteiger partial charge in [0, 0.05) is 48.0 Å². The number of anilines is 1. The Labute approximate surface area is 401 Å². The largest absolute Gasteiger partial charge is 0.508 e. The molecule has 2 saturated heterocycles. The number of ketones is 2. The number of carbonyl (C=O) groups excluding carboxylic acids is 2. The molecular formula is C58H83N3O6. The number of nitrogen functional groups attached to an aromatic ring is 1. The molecule has 10 rings (SSSR count). The first-order chi connectivity index (χ1) is 31.8. The molecule has 7 fully saturated rings. The third kappa shape index (κ3) is 7.55. The Morgan fingerprint density at radius 1 is 0.910 bits per heavy atom. The van der Waals surface area contributed by atoms with Crippen LogP contribution >= 0.6 is 0 Å². The molecule has 5 saturated carbocycles. The molecule has 9 nitrogen and oxygen atoms in total. The highest BCUT2D eigenvalue weighted by atomic mass is 16.6. The number of Topliss-reactive ketones (excluding diaryl/α,β-unsaturated/α-hetero) is 2. The fourth-order valence-electron chi connectivity index (χ4n) is 18.2. The van der Waals surface area contributed by atoms with E-state index in [1.807, 2.05) is 38.2 Å². The lowest BCUT2D eigenvalue weighted by Gasteiger charge is -2.73. The molecule has 9 heteroatoms. The van der Waals surface area contributed by atoms with Crippen LogP contribution in [0.2, 0.25) is 0 Å². The van der Waals surface area contributed by atoms with Gasteiger partial charge in [-0.2, -0.15) is 0 Å². The van der Waals surface area contributed by atoms with E-state index in [0.29, 0.717) is 55.9 Å². The fraction of sp³-hybridized carbons (Fsp3) is 0.724. The van der Waals surface area contributed by atoms with Gasteiger partial charge in [0.25, 0.3) is 0 Å². The number of aliphatic hydroxyl groups excluding tert-OH is 1. The van der Waals surface area contributed by atoms with Crippen LogP contribution in [-0.2, 0) is 20.9 Å². The summed E-state index contributed by atoms with van der Waals surface area (Å²) < 4.78 is 6.57. The second kappa shape index (κ2) is 17.1. The molecule has 7 N–H and O–H groups in total. The molecule has 15 atom stereocenters. The van der Waals surface area contributed by atoms with Gasteiger partial charge in [-0.25, -0.2) is 0 Å². The topological polar surface area (TPSA) is 157 Å². The number of allylic oxidation sites excluding steroid dienone is 2. The summed E-state index contributed by atoms with van der Waals surface area (Å²) in [5.41, 5.74) is 9.74. The van der Waals surface area contributed by atoms with E-state index in [1.165, 1.54) is 24.0 Å². The van der Waals surface area contributed by atoms with Gasteiger partial charge >= 0.3 is 0 Å². The van der Waals surface area contributed by atoms with E-state index in [-0.39, 0.29) is 58.2 Å². The smallest absolute Gasteiger partial charge is 0.159 e. The lowest BCUT2D eigenvalue weighted by atomic mass is 9.31. The maximum absolute atomic E-state index is 15.8. The number of rotatable bonds is 10. The maximum Gasteiger partial charge on any atom is 0.159 e. The zero-order valence-corrected chi connectivity index (χ0v) is 41.9. The van der Waals surface area contributed by atoms with E-state index < -0.39 is 28.1 Å². The number of epoxide rings is 1. The van der Waals surface area contributed by atoms with Crippen molar-refractivity contribution < 1.29 is 29.6 Å². The van der Waals surface area contributed by atoms with Crippen molar-refractivity contribution in [2.45, 2.75) is 199 Å². The van der Waals surface area contributed by atoms with Crippen molar-refractivity contribution in [1.29, 1.82) is 0 Å². The Bertz CT molecular complexity index is 2290. The van der Waals surface area contributed by atoms with Crippen molar-refractivity contribution >= 4 is 17.3 Å². The van der Waals surface area contributed by atoms with Gasteiger partial charge < -0.3 is 36.4 Å². The summed E-state index contributed by atoms with van der Waals surface area (Å²) >= 11 is 0. The van der Waals surface area contributed by atoms with Gasteiger partial charge in [0.2, 0.25) is 0 Å². The minimum Gasteiger partial charge on any atom is -0.508 e. The fourth-order valence-corrected chi connectivity index (χ4v) is 18.2. The maximum atomic E-state index is 15.8. The van der Waals surface area contributed by atoms with Gasteiger partial charge in [-0.15, -0.1) is 0 Å². The number of hydrogen-bond donors (Lipinski definition) is 6. The van der Waals surface area contributed by atoms with Crippen molar-refractivity contribution in [3.05, 3.63) is 70.3 Å². The highest BCUT2D eigenvalue weighted by Gasteiger charge is 2.75. The number of phenols is 1. The van der Waals surface area contributed by atoms with E-state index in [4.69, 9.17) is 10.5 Å². The van der Waals surface area contributed by atoms with Crippen LogP contribution in [0.25, 0.3) is 0 Å². The van der Waals surface area contributed by atoms with E-state index in [1.54, 1.807) is 0 Å². The number of aromatic hydroxyl groups is 1. The standard InChI is InChI=1S/C58H83N3O6/c1-34(24-46(63)52-57(6,67-52)43-19-13-18-41(43)36-14-12-17-39(59)27-36)49-44-20-21-48-56(5,55(44,4)31-47(49)64)30-45-50-54(3,23-11-10-22-53(2,66)33-61-45)51(65)42(29-58(48,50)38-15-8-9-16-38)37-25-35(32-60-7)26-40(62)28-37/h12,14,17,25-28,34,38,41-43,45-46,48,50,52,60-63,66H,8-11,13,15-16,18-24,29-33,59H2,1-7H3/t34-,41+,42-,43-,45+,46-,48+,50+,52-,53-,54-,55+,56+,57-,58-/m1/s1.